The van der Waals surface area contributed by atoms with E-state index in [9.17, 15) is 4.79 Å². The lowest BCUT2D eigenvalue weighted by Crippen LogP contribution is -2.54. The van der Waals surface area contributed by atoms with Crippen molar-refractivity contribution in [2.45, 2.75) is 32.5 Å². The van der Waals surface area contributed by atoms with Gasteiger partial charge < -0.3 is 19.7 Å². The SMILES string of the molecule is COc1ccc(-c2csc(CNC(=O)N3CCOC(C)C3C)c2)cc1. The lowest BCUT2D eigenvalue weighted by atomic mass is 10.1. The van der Waals surface area contributed by atoms with E-state index in [2.05, 4.69) is 16.8 Å². The molecule has 1 fully saturated rings. The Bertz CT molecular complexity index is 714. The van der Waals surface area contributed by atoms with E-state index in [0.717, 1.165) is 21.8 Å². The van der Waals surface area contributed by atoms with Crippen LogP contribution >= 0.6 is 11.3 Å². The first kappa shape index (κ1) is 17.8. The summed E-state index contributed by atoms with van der Waals surface area (Å²) in [6, 6.07) is 10.2. The molecule has 2 unspecified atom stereocenters. The number of carbonyl (C=O) groups is 1. The summed E-state index contributed by atoms with van der Waals surface area (Å²) < 4.78 is 10.8. The number of urea groups is 1. The van der Waals surface area contributed by atoms with Crippen LogP contribution in [0.1, 0.15) is 18.7 Å². The van der Waals surface area contributed by atoms with Gasteiger partial charge in [0.05, 0.1) is 32.4 Å². The van der Waals surface area contributed by atoms with E-state index in [4.69, 9.17) is 9.47 Å². The van der Waals surface area contributed by atoms with Gasteiger partial charge in [-0.1, -0.05) is 12.1 Å². The average molecular weight is 360 g/mol. The molecule has 2 atom stereocenters. The van der Waals surface area contributed by atoms with Crippen LogP contribution in [0, 0.1) is 0 Å². The highest BCUT2D eigenvalue weighted by Gasteiger charge is 2.28. The van der Waals surface area contributed by atoms with Crippen molar-refractivity contribution in [1.29, 1.82) is 0 Å². The molecule has 0 bridgehead atoms. The second-order valence-corrected chi connectivity index (χ2v) is 7.19. The highest BCUT2D eigenvalue weighted by molar-refractivity contribution is 7.10. The maximum atomic E-state index is 12.4. The molecule has 0 aliphatic carbocycles. The van der Waals surface area contributed by atoms with Gasteiger partial charge in [-0.2, -0.15) is 0 Å². The van der Waals surface area contributed by atoms with Crippen molar-refractivity contribution >= 4 is 17.4 Å². The Morgan fingerprint density at radius 2 is 2.08 bits per heavy atom. The van der Waals surface area contributed by atoms with Crippen molar-refractivity contribution < 1.29 is 14.3 Å². The minimum atomic E-state index is -0.0259. The number of hydrogen-bond donors (Lipinski definition) is 1. The van der Waals surface area contributed by atoms with Gasteiger partial charge in [-0.05, 0) is 48.6 Å². The van der Waals surface area contributed by atoms with Crippen molar-refractivity contribution in [3.05, 3.63) is 40.6 Å². The molecule has 3 rings (SSSR count). The molecule has 0 radical (unpaired) electrons. The predicted octanol–water partition coefficient (Wildman–Crippen LogP) is 3.74. The van der Waals surface area contributed by atoms with E-state index in [1.54, 1.807) is 18.4 Å². The topological polar surface area (TPSA) is 50.8 Å². The summed E-state index contributed by atoms with van der Waals surface area (Å²) in [7, 11) is 1.66. The predicted molar refractivity (Wildman–Crippen MR) is 100 cm³/mol. The fourth-order valence-electron chi connectivity index (χ4n) is 2.89. The van der Waals surface area contributed by atoms with E-state index in [1.165, 1.54) is 0 Å². The largest absolute Gasteiger partial charge is 0.497 e. The molecule has 134 valence electrons. The molecule has 2 heterocycles. The van der Waals surface area contributed by atoms with E-state index in [0.29, 0.717) is 19.7 Å². The zero-order valence-electron chi connectivity index (χ0n) is 14.8. The van der Waals surface area contributed by atoms with Crippen LogP contribution in [0.15, 0.2) is 35.7 Å². The van der Waals surface area contributed by atoms with Crippen LogP contribution in [0.5, 0.6) is 5.75 Å². The molecule has 0 saturated carbocycles. The van der Waals surface area contributed by atoms with Crippen LogP contribution in [0.2, 0.25) is 0 Å². The van der Waals surface area contributed by atoms with Gasteiger partial charge in [0.25, 0.3) is 0 Å². The average Bonchev–Trinajstić information content (AvgIpc) is 3.11. The Morgan fingerprint density at radius 3 is 2.80 bits per heavy atom. The van der Waals surface area contributed by atoms with Gasteiger partial charge in [0, 0.05) is 11.4 Å². The van der Waals surface area contributed by atoms with Crippen molar-refractivity contribution in [3.63, 3.8) is 0 Å². The molecule has 1 aliphatic heterocycles. The molecule has 1 aromatic heterocycles. The summed E-state index contributed by atoms with van der Waals surface area (Å²) in [5.41, 5.74) is 2.30. The summed E-state index contributed by atoms with van der Waals surface area (Å²) in [6.07, 6.45) is 0.0721. The minimum absolute atomic E-state index is 0.0259. The molecule has 25 heavy (non-hydrogen) atoms. The Labute approximate surface area is 152 Å². The molecular weight excluding hydrogens is 336 g/mol. The van der Waals surface area contributed by atoms with Gasteiger partial charge in [0.2, 0.25) is 0 Å². The fraction of sp³-hybridized carbons (Fsp3) is 0.421. The molecule has 2 aromatic rings. The van der Waals surface area contributed by atoms with Crippen LogP contribution < -0.4 is 10.1 Å². The van der Waals surface area contributed by atoms with Crippen molar-refractivity contribution in [2.75, 3.05) is 20.3 Å². The van der Waals surface area contributed by atoms with Gasteiger partial charge in [0.1, 0.15) is 5.75 Å². The number of carbonyl (C=O) groups excluding carboxylic acids is 1. The number of benzene rings is 1. The van der Waals surface area contributed by atoms with E-state index >= 15 is 0 Å². The molecule has 1 N–H and O–H groups in total. The molecule has 2 amide bonds. The maximum absolute atomic E-state index is 12.4. The zero-order chi connectivity index (χ0) is 17.8. The first-order valence-electron chi connectivity index (χ1n) is 8.46. The Morgan fingerprint density at radius 1 is 1.32 bits per heavy atom. The molecule has 0 spiro atoms. The van der Waals surface area contributed by atoms with Crippen LogP contribution in [-0.4, -0.2) is 43.3 Å². The third-order valence-electron chi connectivity index (χ3n) is 4.64. The highest BCUT2D eigenvalue weighted by atomic mass is 32.1. The smallest absolute Gasteiger partial charge is 0.318 e. The lowest BCUT2D eigenvalue weighted by Gasteiger charge is -2.37. The van der Waals surface area contributed by atoms with Gasteiger partial charge in [-0.15, -0.1) is 11.3 Å². The second kappa shape index (κ2) is 7.89. The Balaban J connectivity index is 1.58. The summed E-state index contributed by atoms with van der Waals surface area (Å²) in [4.78, 5) is 15.4. The number of hydrogen-bond acceptors (Lipinski definition) is 4. The van der Waals surface area contributed by atoms with Crippen molar-refractivity contribution in [1.82, 2.24) is 10.2 Å². The number of thiophene rings is 1. The van der Waals surface area contributed by atoms with Gasteiger partial charge >= 0.3 is 6.03 Å². The Kier molecular flexibility index (Phi) is 5.60. The first-order chi connectivity index (χ1) is 12.1. The minimum Gasteiger partial charge on any atom is -0.497 e. The number of nitrogens with zero attached hydrogens (tertiary/aromatic N) is 1. The summed E-state index contributed by atoms with van der Waals surface area (Å²) in [5.74, 6) is 0.848. The molecule has 5 nitrogen and oxygen atoms in total. The van der Waals surface area contributed by atoms with Crippen LogP contribution in [0.4, 0.5) is 4.79 Å². The fourth-order valence-corrected chi connectivity index (χ4v) is 3.73. The number of rotatable bonds is 4. The lowest BCUT2D eigenvalue weighted by molar-refractivity contribution is -0.0376. The van der Waals surface area contributed by atoms with E-state index in [1.807, 2.05) is 43.0 Å². The Hall–Kier alpha value is -2.05. The van der Waals surface area contributed by atoms with Gasteiger partial charge in [0.15, 0.2) is 0 Å². The highest BCUT2D eigenvalue weighted by Crippen LogP contribution is 2.27. The second-order valence-electron chi connectivity index (χ2n) is 6.20. The summed E-state index contributed by atoms with van der Waals surface area (Å²) >= 11 is 1.66. The number of amides is 2. The monoisotopic (exact) mass is 360 g/mol. The zero-order valence-corrected chi connectivity index (χ0v) is 15.6. The number of morpholine rings is 1. The third kappa shape index (κ3) is 4.14. The van der Waals surface area contributed by atoms with Crippen LogP contribution in [-0.2, 0) is 11.3 Å². The van der Waals surface area contributed by atoms with Crippen molar-refractivity contribution in [2.24, 2.45) is 0 Å². The summed E-state index contributed by atoms with van der Waals surface area (Å²) in [6.45, 7) is 5.80. The van der Waals surface area contributed by atoms with E-state index < -0.39 is 0 Å². The third-order valence-corrected chi connectivity index (χ3v) is 5.57. The van der Waals surface area contributed by atoms with Gasteiger partial charge in [-0.25, -0.2) is 4.79 Å². The van der Waals surface area contributed by atoms with Gasteiger partial charge in [-0.3, -0.25) is 0 Å². The molecular formula is C19H24N2O3S. The maximum Gasteiger partial charge on any atom is 0.318 e. The molecule has 1 saturated heterocycles. The summed E-state index contributed by atoms with van der Waals surface area (Å²) in [5, 5.41) is 5.14. The number of nitrogens with one attached hydrogen (secondary N) is 1. The quantitative estimate of drug-likeness (QED) is 0.904. The number of methoxy groups -OCH3 is 1. The van der Waals surface area contributed by atoms with Crippen LogP contribution in [0.3, 0.4) is 0 Å². The molecule has 1 aliphatic rings. The standard InChI is InChI=1S/C19H24N2O3S/c1-13-14(2)24-9-8-21(13)19(22)20-11-18-10-16(12-25-18)15-4-6-17(23-3)7-5-15/h4-7,10,12-14H,8-9,11H2,1-3H3,(H,20,22). The van der Waals surface area contributed by atoms with Crippen molar-refractivity contribution in [3.8, 4) is 16.9 Å². The van der Waals surface area contributed by atoms with E-state index in [-0.39, 0.29) is 18.2 Å². The number of ether oxygens (including phenoxy) is 2. The molecule has 6 heteroatoms. The first-order valence-corrected chi connectivity index (χ1v) is 9.34. The normalized spacial score (nSPS) is 20.4. The molecule has 1 aromatic carbocycles. The van der Waals surface area contributed by atoms with Crippen LogP contribution in [0.25, 0.3) is 11.1 Å².